The molecule has 0 radical (unpaired) electrons. The van der Waals surface area contributed by atoms with Crippen LogP contribution >= 0.6 is 0 Å². The van der Waals surface area contributed by atoms with Crippen LogP contribution in [0.3, 0.4) is 0 Å². The molecule has 6 nitrogen and oxygen atoms in total. The number of aromatic nitrogens is 4. The molecule has 0 unspecified atom stereocenters. The summed E-state index contributed by atoms with van der Waals surface area (Å²) in [6, 6.07) is 10.7. The van der Waals surface area contributed by atoms with Gasteiger partial charge >= 0.3 is 0 Å². The Labute approximate surface area is 125 Å². The number of rotatable bonds is 6. The van der Waals surface area contributed by atoms with Gasteiger partial charge in [-0.25, -0.2) is 0 Å². The molecule has 1 aliphatic heterocycles. The van der Waals surface area contributed by atoms with E-state index in [0.29, 0.717) is 0 Å². The van der Waals surface area contributed by atoms with Crippen molar-refractivity contribution < 1.29 is 0 Å². The fraction of sp³-hybridized carbons (Fsp3) is 0.533. The maximum Gasteiger partial charge on any atom is 0.174 e. The van der Waals surface area contributed by atoms with Crippen molar-refractivity contribution in [2.24, 2.45) is 0 Å². The third-order valence-electron chi connectivity index (χ3n) is 4.01. The summed E-state index contributed by atoms with van der Waals surface area (Å²) < 4.78 is 0. The molecule has 0 atom stereocenters. The van der Waals surface area contributed by atoms with Gasteiger partial charge in [-0.05, 0) is 31.5 Å². The van der Waals surface area contributed by atoms with Gasteiger partial charge in [0.25, 0.3) is 0 Å². The van der Waals surface area contributed by atoms with Crippen LogP contribution in [0.15, 0.2) is 30.3 Å². The number of hydrogen-bond acceptors (Lipinski definition) is 5. The monoisotopic (exact) mass is 286 g/mol. The SMILES string of the molecule is c1ccc(N2CCN(CCCCc3nn[nH]n3)CC2)cc1. The van der Waals surface area contributed by atoms with E-state index in [0.717, 1.165) is 44.8 Å². The highest BCUT2D eigenvalue weighted by Crippen LogP contribution is 2.15. The number of piperazine rings is 1. The Balaban J connectivity index is 1.34. The Kier molecular flexibility index (Phi) is 4.78. The maximum atomic E-state index is 3.98. The van der Waals surface area contributed by atoms with Crippen LogP contribution in [0.25, 0.3) is 0 Å². The second-order valence-corrected chi connectivity index (χ2v) is 5.45. The minimum atomic E-state index is 0.823. The average molecular weight is 286 g/mol. The normalized spacial score (nSPS) is 16.3. The number of H-pyrrole nitrogens is 1. The van der Waals surface area contributed by atoms with E-state index in [1.165, 1.54) is 18.7 Å². The molecule has 0 amide bonds. The van der Waals surface area contributed by atoms with E-state index in [2.05, 4.69) is 60.8 Å². The fourth-order valence-corrected chi connectivity index (χ4v) is 2.78. The number of aromatic amines is 1. The minimum Gasteiger partial charge on any atom is -0.369 e. The molecule has 0 aliphatic carbocycles. The number of hydrogen-bond donors (Lipinski definition) is 1. The van der Waals surface area contributed by atoms with E-state index in [-0.39, 0.29) is 0 Å². The van der Waals surface area contributed by atoms with Gasteiger partial charge in [-0.15, -0.1) is 10.2 Å². The number of para-hydroxylation sites is 1. The van der Waals surface area contributed by atoms with Gasteiger partial charge < -0.3 is 4.90 Å². The highest BCUT2D eigenvalue weighted by atomic mass is 15.5. The first-order valence-corrected chi connectivity index (χ1v) is 7.66. The van der Waals surface area contributed by atoms with Crippen molar-refractivity contribution in [1.82, 2.24) is 25.5 Å². The van der Waals surface area contributed by atoms with E-state index in [1.54, 1.807) is 0 Å². The predicted octanol–water partition coefficient (Wildman–Crippen LogP) is 1.34. The molecule has 6 heteroatoms. The molecule has 2 aromatic rings. The molecular weight excluding hydrogens is 264 g/mol. The number of nitrogens with one attached hydrogen (secondary N) is 1. The summed E-state index contributed by atoms with van der Waals surface area (Å²) in [5.41, 5.74) is 1.34. The minimum absolute atomic E-state index is 0.823. The second kappa shape index (κ2) is 7.17. The zero-order valence-electron chi connectivity index (χ0n) is 12.3. The molecule has 112 valence electrons. The van der Waals surface area contributed by atoms with Gasteiger partial charge in [-0.2, -0.15) is 5.21 Å². The summed E-state index contributed by atoms with van der Waals surface area (Å²) in [5.74, 6) is 0.823. The Morgan fingerprint density at radius 1 is 1.00 bits per heavy atom. The number of unbranched alkanes of at least 4 members (excludes halogenated alkanes) is 1. The van der Waals surface area contributed by atoms with Crippen molar-refractivity contribution in [1.29, 1.82) is 0 Å². The number of anilines is 1. The van der Waals surface area contributed by atoms with Crippen LogP contribution in [0.1, 0.15) is 18.7 Å². The summed E-state index contributed by atoms with van der Waals surface area (Å²) in [7, 11) is 0. The molecule has 0 spiro atoms. The number of nitrogens with zero attached hydrogens (tertiary/aromatic N) is 5. The molecule has 1 aromatic carbocycles. The van der Waals surface area contributed by atoms with Crippen molar-refractivity contribution in [3.8, 4) is 0 Å². The Hall–Kier alpha value is -1.95. The van der Waals surface area contributed by atoms with Crippen LogP contribution < -0.4 is 4.90 Å². The third-order valence-corrected chi connectivity index (χ3v) is 4.01. The molecule has 0 saturated carbocycles. The van der Waals surface area contributed by atoms with Crippen LogP contribution in [-0.4, -0.2) is 58.2 Å². The molecule has 1 N–H and O–H groups in total. The standard InChI is InChI=1S/C15H22N6/c1-2-6-14(7-3-1)21-12-10-20(11-13-21)9-5-4-8-15-16-18-19-17-15/h1-3,6-7H,4-5,8-13H2,(H,16,17,18,19). The number of tetrazole rings is 1. The first kappa shape index (κ1) is 14.0. The average Bonchev–Trinajstić information content (AvgIpc) is 3.06. The summed E-state index contributed by atoms with van der Waals surface area (Å²) in [5, 5.41) is 14.0. The lowest BCUT2D eigenvalue weighted by molar-refractivity contribution is 0.253. The van der Waals surface area contributed by atoms with Crippen LogP contribution in [-0.2, 0) is 6.42 Å². The van der Waals surface area contributed by atoms with Gasteiger partial charge in [0.05, 0.1) is 0 Å². The van der Waals surface area contributed by atoms with Gasteiger partial charge in [0.15, 0.2) is 5.82 Å². The van der Waals surface area contributed by atoms with E-state index in [1.807, 2.05) is 0 Å². The van der Waals surface area contributed by atoms with E-state index in [4.69, 9.17) is 0 Å². The second-order valence-electron chi connectivity index (χ2n) is 5.45. The number of aryl methyl sites for hydroxylation is 1. The quantitative estimate of drug-likeness (QED) is 0.812. The molecule has 1 saturated heterocycles. The molecule has 1 aliphatic rings. The number of benzene rings is 1. The summed E-state index contributed by atoms with van der Waals surface area (Å²) in [6.07, 6.45) is 3.23. The Bertz CT molecular complexity index is 504. The van der Waals surface area contributed by atoms with Crippen LogP contribution in [0.4, 0.5) is 5.69 Å². The predicted molar refractivity (Wildman–Crippen MR) is 82.2 cm³/mol. The summed E-state index contributed by atoms with van der Waals surface area (Å²) >= 11 is 0. The zero-order valence-corrected chi connectivity index (χ0v) is 12.3. The van der Waals surface area contributed by atoms with E-state index in [9.17, 15) is 0 Å². The van der Waals surface area contributed by atoms with Gasteiger partial charge in [-0.1, -0.05) is 23.4 Å². The zero-order chi connectivity index (χ0) is 14.3. The highest BCUT2D eigenvalue weighted by molar-refractivity contribution is 5.46. The first-order chi connectivity index (χ1) is 10.4. The van der Waals surface area contributed by atoms with Crippen molar-refractivity contribution in [2.45, 2.75) is 19.3 Å². The lowest BCUT2D eigenvalue weighted by Crippen LogP contribution is -2.46. The van der Waals surface area contributed by atoms with Crippen LogP contribution in [0.5, 0.6) is 0 Å². The molecule has 1 aromatic heterocycles. The lowest BCUT2D eigenvalue weighted by Gasteiger charge is -2.36. The topological polar surface area (TPSA) is 60.9 Å². The highest BCUT2D eigenvalue weighted by Gasteiger charge is 2.16. The maximum absolute atomic E-state index is 3.98. The Morgan fingerprint density at radius 3 is 2.52 bits per heavy atom. The molecule has 0 bridgehead atoms. The molecular formula is C15H22N6. The van der Waals surface area contributed by atoms with E-state index < -0.39 is 0 Å². The van der Waals surface area contributed by atoms with Crippen molar-refractivity contribution in [2.75, 3.05) is 37.6 Å². The Morgan fingerprint density at radius 2 is 1.81 bits per heavy atom. The van der Waals surface area contributed by atoms with Gasteiger partial charge in [0.2, 0.25) is 0 Å². The summed E-state index contributed by atoms with van der Waals surface area (Å²) in [6.45, 7) is 5.71. The molecule has 21 heavy (non-hydrogen) atoms. The van der Waals surface area contributed by atoms with Gasteiger partial charge in [0, 0.05) is 38.3 Å². The van der Waals surface area contributed by atoms with E-state index >= 15 is 0 Å². The molecule has 1 fully saturated rings. The van der Waals surface area contributed by atoms with Gasteiger partial charge in [0.1, 0.15) is 0 Å². The molecule has 2 heterocycles. The molecule has 3 rings (SSSR count). The van der Waals surface area contributed by atoms with Crippen molar-refractivity contribution in [3.05, 3.63) is 36.2 Å². The van der Waals surface area contributed by atoms with Gasteiger partial charge in [-0.3, -0.25) is 4.90 Å². The lowest BCUT2D eigenvalue weighted by atomic mass is 10.2. The third kappa shape index (κ3) is 4.01. The largest absolute Gasteiger partial charge is 0.369 e. The van der Waals surface area contributed by atoms with Crippen LogP contribution in [0, 0.1) is 0 Å². The van der Waals surface area contributed by atoms with Crippen LogP contribution in [0.2, 0.25) is 0 Å². The first-order valence-electron chi connectivity index (χ1n) is 7.66. The summed E-state index contributed by atoms with van der Waals surface area (Å²) in [4.78, 5) is 5.02. The fourth-order valence-electron chi connectivity index (χ4n) is 2.78. The smallest absolute Gasteiger partial charge is 0.174 e. The van der Waals surface area contributed by atoms with Crippen molar-refractivity contribution in [3.63, 3.8) is 0 Å². The van der Waals surface area contributed by atoms with Crippen molar-refractivity contribution >= 4 is 5.69 Å².